The first-order valence-corrected chi connectivity index (χ1v) is 7.71. The van der Waals surface area contributed by atoms with E-state index in [1.54, 1.807) is 11.3 Å². The Morgan fingerprint density at radius 3 is 2.83 bits per heavy atom. The van der Waals surface area contributed by atoms with Gasteiger partial charge in [0.25, 0.3) is 5.91 Å². The number of nitrogens with one attached hydrogen (secondary N) is 1. The quantitative estimate of drug-likeness (QED) is 0.793. The minimum Gasteiger partial charge on any atom is -0.321 e. The summed E-state index contributed by atoms with van der Waals surface area (Å²) in [5, 5.41) is 4.91. The molecular weight excluding hydrogens is 357 g/mol. The highest BCUT2D eigenvalue weighted by atomic mass is 127. The largest absolute Gasteiger partial charge is 0.321 e. The van der Waals surface area contributed by atoms with Gasteiger partial charge in [-0.1, -0.05) is 25.1 Å². The summed E-state index contributed by atoms with van der Waals surface area (Å²) in [6.07, 6.45) is 0.915. The highest BCUT2D eigenvalue weighted by Crippen LogP contribution is 2.23. The number of para-hydroxylation sites is 1. The Balaban J connectivity index is 2.26. The molecule has 94 valence electrons. The molecule has 1 aromatic carbocycles. The average molecular weight is 371 g/mol. The van der Waals surface area contributed by atoms with E-state index in [0.29, 0.717) is 0 Å². The molecule has 0 bridgehead atoms. The molecule has 1 heterocycles. The Bertz CT molecular complexity index is 577. The summed E-state index contributed by atoms with van der Waals surface area (Å²) in [5.74, 6) is -0.0295. The summed E-state index contributed by atoms with van der Waals surface area (Å²) >= 11 is 3.81. The van der Waals surface area contributed by atoms with E-state index in [-0.39, 0.29) is 5.91 Å². The van der Waals surface area contributed by atoms with Crippen LogP contribution in [0.5, 0.6) is 0 Å². The van der Waals surface area contributed by atoms with Gasteiger partial charge in [0.05, 0.1) is 8.45 Å². The van der Waals surface area contributed by atoms with E-state index < -0.39 is 0 Å². The van der Waals surface area contributed by atoms with Gasteiger partial charge < -0.3 is 5.32 Å². The van der Waals surface area contributed by atoms with Crippen LogP contribution in [0.3, 0.4) is 0 Å². The van der Waals surface area contributed by atoms with Crippen LogP contribution in [0.25, 0.3) is 0 Å². The zero-order valence-electron chi connectivity index (χ0n) is 10.3. The lowest BCUT2D eigenvalue weighted by Gasteiger charge is -2.12. The van der Waals surface area contributed by atoms with Gasteiger partial charge in [-0.3, -0.25) is 4.79 Å². The Kier molecular flexibility index (Phi) is 4.40. The lowest BCUT2D eigenvalue weighted by atomic mass is 10.1. The first kappa shape index (κ1) is 13.5. The van der Waals surface area contributed by atoms with Crippen LogP contribution in [0.4, 0.5) is 5.69 Å². The molecular formula is C14H14INOS. The second-order valence-electron chi connectivity index (χ2n) is 4.06. The predicted octanol–water partition coefficient (Wildman–Crippen LogP) is 4.48. The predicted molar refractivity (Wildman–Crippen MR) is 85.5 cm³/mol. The van der Waals surface area contributed by atoms with Crippen LogP contribution in [0.15, 0.2) is 29.6 Å². The first-order chi connectivity index (χ1) is 8.61. The van der Waals surface area contributed by atoms with Crippen LogP contribution in [-0.2, 0) is 6.42 Å². The summed E-state index contributed by atoms with van der Waals surface area (Å²) in [4.78, 5) is 12.1. The number of anilines is 1. The lowest BCUT2D eigenvalue weighted by molar-refractivity contribution is 0.102. The van der Waals surface area contributed by atoms with Gasteiger partial charge in [-0.2, -0.15) is 0 Å². The molecule has 0 atom stereocenters. The van der Waals surface area contributed by atoms with Crippen LogP contribution in [0.1, 0.15) is 28.4 Å². The van der Waals surface area contributed by atoms with Gasteiger partial charge in [0.1, 0.15) is 0 Å². The SMILES string of the molecule is CCc1cccc(C)c1NC(=O)c1csc(I)c1. The smallest absolute Gasteiger partial charge is 0.256 e. The Hall–Kier alpha value is -0.880. The normalized spacial score (nSPS) is 10.4. The van der Waals surface area contributed by atoms with Gasteiger partial charge in [-0.15, -0.1) is 11.3 Å². The Morgan fingerprint density at radius 2 is 2.22 bits per heavy atom. The van der Waals surface area contributed by atoms with E-state index in [1.807, 2.05) is 30.5 Å². The van der Waals surface area contributed by atoms with Crippen molar-refractivity contribution in [2.24, 2.45) is 0 Å². The molecule has 0 aliphatic heterocycles. The minimum atomic E-state index is -0.0295. The zero-order chi connectivity index (χ0) is 13.1. The lowest BCUT2D eigenvalue weighted by Crippen LogP contribution is -2.13. The number of aryl methyl sites for hydroxylation is 2. The van der Waals surface area contributed by atoms with Crippen LogP contribution < -0.4 is 5.32 Å². The van der Waals surface area contributed by atoms with Gasteiger partial charge in [-0.05, 0) is 53.1 Å². The maximum Gasteiger partial charge on any atom is 0.256 e. The standard InChI is InChI=1S/C14H14INOS/c1-3-10-6-4-5-9(2)13(10)16-14(17)11-7-12(15)18-8-11/h4-8H,3H2,1-2H3,(H,16,17). The summed E-state index contributed by atoms with van der Waals surface area (Å²) in [5.41, 5.74) is 3.96. The third kappa shape index (κ3) is 2.92. The molecule has 0 spiro atoms. The molecule has 18 heavy (non-hydrogen) atoms. The van der Waals surface area contributed by atoms with Crippen molar-refractivity contribution in [2.45, 2.75) is 20.3 Å². The van der Waals surface area contributed by atoms with Crippen molar-refractivity contribution in [3.63, 3.8) is 0 Å². The van der Waals surface area contributed by atoms with Crippen LogP contribution in [0, 0.1) is 9.81 Å². The maximum absolute atomic E-state index is 12.1. The summed E-state index contributed by atoms with van der Waals surface area (Å²) < 4.78 is 1.12. The third-order valence-electron chi connectivity index (χ3n) is 2.81. The van der Waals surface area contributed by atoms with E-state index in [9.17, 15) is 4.79 Å². The average Bonchev–Trinajstić information content (AvgIpc) is 2.78. The molecule has 0 fully saturated rings. The second-order valence-corrected chi connectivity index (χ2v) is 6.86. The molecule has 1 aromatic heterocycles. The van der Waals surface area contributed by atoms with E-state index in [2.05, 4.69) is 40.9 Å². The number of thiophene rings is 1. The Morgan fingerprint density at radius 1 is 1.44 bits per heavy atom. The fourth-order valence-corrected chi connectivity index (χ4v) is 3.14. The van der Waals surface area contributed by atoms with E-state index in [1.165, 1.54) is 5.56 Å². The first-order valence-electron chi connectivity index (χ1n) is 5.75. The highest BCUT2D eigenvalue weighted by Gasteiger charge is 2.11. The van der Waals surface area contributed by atoms with Crippen molar-refractivity contribution in [1.29, 1.82) is 0 Å². The number of amides is 1. The molecule has 2 nitrogen and oxygen atoms in total. The van der Waals surface area contributed by atoms with Crippen molar-refractivity contribution in [3.8, 4) is 0 Å². The molecule has 2 aromatic rings. The van der Waals surface area contributed by atoms with E-state index in [0.717, 1.165) is 26.1 Å². The minimum absolute atomic E-state index is 0.0295. The fourth-order valence-electron chi connectivity index (χ4n) is 1.82. The molecule has 0 radical (unpaired) electrons. The number of halogens is 1. The molecule has 2 rings (SSSR count). The van der Waals surface area contributed by atoms with Crippen LogP contribution >= 0.6 is 33.9 Å². The summed E-state index contributed by atoms with van der Waals surface area (Å²) in [6.45, 7) is 4.12. The second kappa shape index (κ2) is 5.84. The highest BCUT2D eigenvalue weighted by molar-refractivity contribution is 14.1. The van der Waals surface area contributed by atoms with Crippen LogP contribution in [-0.4, -0.2) is 5.91 Å². The van der Waals surface area contributed by atoms with E-state index >= 15 is 0 Å². The topological polar surface area (TPSA) is 29.1 Å². The van der Waals surface area contributed by atoms with Crippen LogP contribution in [0.2, 0.25) is 0 Å². The molecule has 1 amide bonds. The zero-order valence-corrected chi connectivity index (χ0v) is 13.3. The Labute approximate surface area is 125 Å². The van der Waals surface area contributed by atoms with Gasteiger partial charge in [0.15, 0.2) is 0 Å². The van der Waals surface area contributed by atoms with Crippen molar-refractivity contribution in [1.82, 2.24) is 0 Å². The van der Waals surface area contributed by atoms with Crippen molar-refractivity contribution >= 4 is 45.5 Å². The number of hydrogen-bond donors (Lipinski definition) is 1. The van der Waals surface area contributed by atoms with Crippen molar-refractivity contribution < 1.29 is 4.79 Å². The molecule has 0 unspecified atom stereocenters. The molecule has 0 aliphatic rings. The molecule has 1 N–H and O–H groups in total. The van der Waals surface area contributed by atoms with Crippen molar-refractivity contribution in [2.75, 3.05) is 5.32 Å². The van der Waals surface area contributed by atoms with Gasteiger partial charge in [0.2, 0.25) is 0 Å². The van der Waals surface area contributed by atoms with Gasteiger partial charge in [0, 0.05) is 11.1 Å². The maximum atomic E-state index is 12.1. The number of carbonyl (C=O) groups is 1. The van der Waals surface area contributed by atoms with Gasteiger partial charge >= 0.3 is 0 Å². The number of carbonyl (C=O) groups excluding carboxylic acids is 1. The fraction of sp³-hybridized carbons (Fsp3) is 0.214. The van der Waals surface area contributed by atoms with Gasteiger partial charge in [-0.25, -0.2) is 0 Å². The molecule has 4 heteroatoms. The number of hydrogen-bond acceptors (Lipinski definition) is 2. The summed E-state index contributed by atoms with van der Waals surface area (Å²) in [6, 6.07) is 8.01. The van der Waals surface area contributed by atoms with Crippen molar-refractivity contribution in [3.05, 3.63) is 49.2 Å². The molecule has 0 aliphatic carbocycles. The van der Waals surface area contributed by atoms with E-state index in [4.69, 9.17) is 0 Å². The molecule has 0 saturated heterocycles. The number of rotatable bonds is 3. The third-order valence-corrected chi connectivity index (χ3v) is 4.60. The number of benzene rings is 1. The molecule has 0 saturated carbocycles. The summed E-state index contributed by atoms with van der Waals surface area (Å²) in [7, 11) is 0. The monoisotopic (exact) mass is 371 g/mol.